The number of aliphatic hydroxyl groups excluding tert-OH is 1. The number of aryl methyl sites for hydroxylation is 1. The first-order chi connectivity index (χ1) is 8.88. The maximum absolute atomic E-state index is 9.98. The van der Waals surface area contributed by atoms with Crippen LogP contribution in [0.5, 0.6) is 0 Å². The predicted molar refractivity (Wildman–Crippen MR) is 77.1 cm³/mol. The van der Waals surface area contributed by atoms with E-state index in [2.05, 4.69) is 33.8 Å². The highest BCUT2D eigenvalue weighted by molar-refractivity contribution is 5.42. The zero-order valence-electron chi connectivity index (χ0n) is 12.1. The second-order valence-electron chi connectivity index (χ2n) is 6.19. The van der Waals surface area contributed by atoms with Gasteiger partial charge < -0.3 is 14.8 Å². The summed E-state index contributed by atoms with van der Waals surface area (Å²) >= 11 is 0. The summed E-state index contributed by atoms with van der Waals surface area (Å²) < 4.78 is 2.07. The van der Waals surface area contributed by atoms with Crippen LogP contribution in [0.15, 0.2) is 24.5 Å². The predicted octanol–water partition coefficient (Wildman–Crippen LogP) is 2.14. The second-order valence-corrected chi connectivity index (χ2v) is 6.19. The number of aliphatic hydroxyl groups is 1. The molecule has 0 fully saturated rings. The van der Waals surface area contributed by atoms with Crippen LogP contribution >= 0.6 is 0 Å². The molecule has 0 amide bonds. The van der Waals surface area contributed by atoms with Crippen molar-refractivity contribution >= 4 is 5.65 Å². The molecule has 4 nitrogen and oxygen atoms in total. The molecule has 0 saturated carbocycles. The number of pyridine rings is 1. The van der Waals surface area contributed by atoms with Gasteiger partial charge in [0.05, 0.1) is 18.0 Å². The molecule has 1 atom stereocenters. The van der Waals surface area contributed by atoms with Crippen LogP contribution in [0.3, 0.4) is 0 Å². The summed E-state index contributed by atoms with van der Waals surface area (Å²) in [6.45, 7) is 9.47. The lowest BCUT2D eigenvalue weighted by molar-refractivity contribution is 0.0627. The first kappa shape index (κ1) is 14.0. The lowest BCUT2D eigenvalue weighted by Crippen LogP contribution is -2.36. The van der Waals surface area contributed by atoms with E-state index in [1.165, 1.54) is 5.56 Å². The van der Waals surface area contributed by atoms with E-state index in [0.29, 0.717) is 13.1 Å². The average molecular weight is 261 g/mol. The molecular formula is C15H23N3O. The van der Waals surface area contributed by atoms with Crippen LogP contribution in [-0.2, 0) is 6.54 Å². The van der Waals surface area contributed by atoms with Crippen LogP contribution in [0.4, 0.5) is 0 Å². The molecule has 2 N–H and O–H groups in total. The highest BCUT2D eigenvalue weighted by Gasteiger charge is 2.21. The summed E-state index contributed by atoms with van der Waals surface area (Å²) in [6, 6.07) is 4.13. The Bertz CT molecular complexity index is 554. The third-order valence-corrected chi connectivity index (χ3v) is 3.39. The molecule has 0 aliphatic rings. The number of rotatable bonds is 4. The Morgan fingerprint density at radius 2 is 2.16 bits per heavy atom. The van der Waals surface area contributed by atoms with Crippen molar-refractivity contribution < 1.29 is 5.11 Å². The lowest BCUT2D eigenvalue weighted by Gasteiger charge is -2.25. The molecule has 104 valence electrons. The standard InChI is InChI=1S/C15H23N3O/c1-11-5-6-18-12(9-17-14(18)7-11)8-16-10-13(19)15(2,3)4/h5-7,9,13,16,19H,8,10H2,1-4H3. The van der Waals surface area contributed by atoms with E-state index in [1.54, 1.807) is 0 Å². The normalized spacial score (nSPS) is 13.9. The van der Waals surface area contributed by atoms with Gasteiger partial charge >= 0.3 is 0 Å². The van der Waals surface area contributed by atoms with Gasteiger partial charge in [0.25, 0.3) is 0 Å². The quantitative estimate of drug-likeness (QED) is 0.886. The van der Waals surface area contributed by atoms with Gasteiger partial charge in [-0.15, -0.1) is 0 Å². The first-order valence-electron chi connectivity index (χ1n) is 6.69. The molecule has 0 aromatic carbocycles. The molecule has 1 unspecified atom stereocenters. The number of hydrogen-bond donors (Lipinski definition) is 2. The van der Waals surface area contributed by atoms with Gasteiger partial charge in [0.15, 0.2) is 0 Å². The molecule has 0 bridgehead atoms. The molecule has 4 heteroatoms. The lowest BCUT2D eigenvalue weighted by atomic mass is 9.89. The summed E-state index contributed by atoms with van der Waals surface area (Å²) in [5.74, 6) is 0. The molecule has 0 aliphatic heterocycles. The maximum atomic E-state index is 9.98. The van der Waals surface area contributed by atoms with Crippen molar-refractivity contribution in [2.75, 3.05) is 6.54 Å². The van der Waals surface area contributed by atoms with Crippen LogP contribution in [0, 0.1) is 12.3 Å². The summed E-state index contributed by atoms with van der Waals surface area (Å²) in [5, 5.41) is 13.3. The molecule has 0 spiro atoms. The number of fused-ring (bicyclic) bond motifs is 1. The minimum Gasteiger partial charge on any atom is -0.391 e. The zero-order chi connectivity index (χ0) is 14.0. The van der Waals surface area contributed by atoms with E-state index in [0.717, 1.165) is 11.3 Å². The first-order valence-corrected chi connectivity index (χ1v) is 6.69. The second kappa shape index (κ2) is 5.31. The highest BCUT2D eigenvalue weighted by Crippen LogP contribution is 2.18. The largest absolute Gasteiger partial charge is 0.391 e. The average Bonchev–Trinajstić information content (AvgIpc) is 2.70. The van der Waals surface area contributed by atoms with Gasteiger partial charge in [-0.1, -0.05) is 20.8 Å². The van der Waals surface area contributed by atoms with Gasteiger partial charge in [-0.2, -0.15) is 0 Å². The molecule has 19 heavy (non-hydrogen) atoms. The number of hydrogen-bond acceptors (Lipinski definition) is 3. The molecule has 0 aliphatic carbocycles. The molecule has 2 aromatic rings. The highest BCUT2D eigenvalue weighted by atomic mass is 16.3. The summed E-state index contributed by atoms with van der Waals surface area (Å²) in [7, 11) is 0. The minimum absolute atomic E-state index is 0.0937. The van der Waals surface area contributed by atoms with Gasteiger partial charge in [0, 0.05) is 19.3 Å². The van der Waals surface area contributed by atoms with E-state index in [4.69, 9.17) is 0 Å². The third kappa shape index (κ3) is 3.33. The van der Waals surface area contributed by atoms with Crippen LogP contribution in [-0.4, -0.2) is 27.1 Å². The van der Waals surface area contributed by atoms with Crippen molar-refractivity contribution in [2.24, 2.45) is 5.41 Å². The van der Waals surface area contributed by atoms with E-state index < -0.39 is 0 Å². The monoisotopic (exact) mass is 261 g/mol. The Balaban J connectivity index is 1.99. The van der Waals surface area contributed by atoms with Crippen molar-refractivity contribution in [3.8, 4) is 0 Å². The van der Waals surface area contributed by atoms with Crippen molar-refractivity contribution in [2.45, 2.75) is 40.3 Å². The van der Waals surface area contributed by atoms with Crippen LogP contribution in [0.2, 0.25) is 0 Å². The fourth-order valence-corrected chi connectivity index (χ4v) is 1.91. The summed E-state index contributed by atoms with van der Waals surface area (Å²) in [6.07, 6.45) is 3.56. The molecule has 0 radical (unpaired) electrons. The van der Waals surface area contributed by atoms with Gasteiger partial charge in [0.2, 0.25) is 0 Å². The van der Waals surface area contributed by atoms with Gasteiger partial charge in [-0.25, -0.2) is 4.98 Å². The topological polar surface area (TPSA) is 49.6 Å². The molecule has 2 rings (SSSR count). The third-order valence-electron chi connectivity index (χ3n) is 3.39. The van der Waals surface area contributed by atoms with Gasteiger partial charge in [-0.3, -0.25) is 0 Å². The number of nitrogens with zero attached hydrogens (tertiary/aromatic N) is 2. The van der Waals surface area contributed by atoms with E-state index >= 15 is 0 Å². The van der Waals surface area contributed by atoms with Crippen molar-refractivity contribution in [1.82, 2.24) is 14.7 Å². The van der Waals surface area contributed by atoms with Crippen LogP contribution in [0.1, 0.15) is 32.0 Å². The van der Waals surface area contributed by atoms with Crippen molar-refractivity contribution in [3.05, 3.63) is 35.8 Å². The summed E-state index contributed by atoms with van der Waals surface area (Å²) in [4.78, 5) is 4.39. The fourth-order valence-electron chi connectivity index (χ4n) is 1.91. The van der Waals surface area contributed by atoms with E-state index in [-0.39, 0.29) is 11.5 Å². The molecule has 2 heterocycles. The summed E-state index contributed by atoms with van der Waals surface area (Å²) in [5.41, 5.74) is 3.19. The Hall–Kier alpha value is -1.39. The number of aromatic nitrogens is 2. The molecule has 0 saturated heterocycles. The van der Waals surface area contributed by atoms with Gasteiger partial charge in [-0.05, 0) is 30.0 Å². The van der Waals surface area contributed by atoms with Gasteiger partial charge in [0.1, 0.15) is 5.65 Å². The Labute approximate surface area is 114 Å². The number of imidazole rings is 1. The number of nitrogens with one attached hydrogen (secondary N) is 1. The van der Waals surface area contributed by atoms with E-state index in [9.17, 15) is 5.11 Å². The van der Waals surface area contributed by atoms with Crippen molar-refractivity contribution in [1.29, 1.82) is 0 Å². The Morgan fingerprint density at radius 1 is 1.42 bits per heavy atom. The molecular weight excluding hydrogens is 238 g/mol. The Morgan fingerprint density at radius 3 is 2.84 bits per heavy atom. The zero-order valence-corrected chi connectivity index (χ0v) is 12.1. The Kier molecular flexibility index (Phi) is 3.92. The SMILES string of the molecule is Cc1ccn2c(CNCC(O)C(C)(C)C)cnc2c1. The van der Waals surface area contributed by atoms with Crippen molar-refractivity contribution in [3.63, 3.8) is 0 Å². The van der Waals surface area contributed by atoms with Crippen LogP contribution < -0.4 is 5.32 Å². The van der Waals surface area contributed by atoms with E-state index in [1.807, 2.05) is 33.2 Å². The smallest absolute Gasteiger partial charge is 0.137 e. The maximum Gasteiger partial charge on any atom is 0.137 e. The van der Waals surface area contributed by atoms with Crippen LogP contribution in [0.25, 0.3) is 5.65 Å². The minimum atomic E-state index is -0.353. The fraction of sp³-hybridized carbons (Fsp3) is 0.533. The molecule has 2 aromatic heterocycles.